The van der Waals surface area contributed by atoms with Crippen molar-refractivity contribution in [2.75, 3.05) is 32.8 Å². The van der Waals surface area contributed by atoms with Crippen molar-refractivity contribution < 1.29 is 9.53 Å². The summed E-state index contributed by atoms with van der Waals surface area (Å²) in [6, 6.07) is 0. The van der Waals surface area contributed by atoms with Crippen molar-refractivity contribution >= 4 is 6.09 Å². The first kappa shape index (κ1) is 11.0. The van der Waals surface area contributed by atoms with E-state index in [-0.39, 0.29) is 6.09 Å². The number of cyclic esters (lactones) is 1. The standard InChI is InChI=1S/C10H18N2O2/c1-3-4-11-7-9(2)8-12-5-6-14-10(12)13/h11H,2-8H2,1H3. The summed E-state index contributed by atoms with van der Waals surface area (Å²) in [5, 5.41) is 3.25. The van der Waals surface area contributed by atoms with Crippen LogP contribution in [0, 0.1) is 0 Å². The molecule has 1 amide bonds. The van der Waals surface area contributed by atoms with E-state index in [9.17, 15) is 4.79 Å². The number of rotatable bonds is 6. The highest BCUT2D eigenvalue weighted by Gasteiger charge is 2.21. The molecule has 1 rings (SSSR count). The molecule has 4 nitrogen and oxygen atoms in total. The van der Waals surface area contributed by atoms with E-state index in [1.54, 1.807) is 4.90 Å². The maximum atomic E-state index is 11.1. The minimum atomic E-state index is -0.221. The molecule has 0 aromatic heterocycles. The van der Waals surface area contributed by atoms with Crippen LogP contribution in [0.25, 0.3) is 0 Å². The molecule has 0 aromatic rings. The zero-order valence-electron chi connectivity index (χ0n) is 8.71. The first-order valence-corrected chi connectivity index (χ1v) is 5.03. The van der Waals surface area contributed by atoms with Gasteiger partial charge < -0.3 is 15.0 Å². The summed E-state index contributed by atoms with van der Waals surface area (Å²) in [5.41, 5.74) is 1.03. The van der Waals surface area contributed by atoms with Crippen LogP contribution >= 0.6 is 0 Å². The van der Waals surface area contributed by atoms with Gasteiger partial charge in [0.2, 0.25) is 0 Å². The smallest absolute Gasteiger partial charge is 0.410 e. The predicted molar refractivity (Wildman–Crippen MR) is 55.2 cm³/mol. The van der Waals surface area contributed by atoms with Gasteiger partial charge >= 0.3 is 6.09 Å². The molecule has 1 aliphatic rings. The first-order valence-electron chi connectivity index (χ1n) is 5.03. The molecule has 0 unspecified atom stereocenters. The van der Waals surface area contributed by atoms with Crippen molar-refractivity contribution in [3.63, 3.8) is 0 Å². The summed E-state index contributed by atoms with van der Waals surface area (Å²) < 4.78 is 4.82. The zero-order valence-corrected chi connectivity index (χ0v) is 8.71. The molecule has 0 aliphatic carbocycles. The Hall–Kier alpha value is -1.03. The number of ether oxygens (including phenoxy) is 1. The Labute approximate surface area is 84.9 Å². The van der Waals surface area contributed by atoms with Crippen molar-refractivity contribution in [1.82, 2.24) is 10.2 Å². The minimum Gasteiger partial charge on any atom is -0.448 e. The summed E-state index contributed by atoms with van der Waals surface area (Å²) in [4.78, 5) is 12.8. The van der Waals surface area contributed by atoms with E-state index in [2.05, 4.69) is 18.8 Å². The van der Waals surface area contributed by atoms with Crippen LogP contribution in [0.3, 0.4) is 0 Å². The van der Waals surface area contributed by atoms with Gasteiger partial charge in [0.05, 0.1) is 6.54 Å². The van der Waals surface area contributed by atoms with E-state index in [0.29, 0.717) is 19.7 Å². The lowest BCUT2D eigenvalue weighted by atomic mass is 10.3. The third kappa shape index (κ3) is 3.38. The number of carbonyl (C=O) groups excluding carboxylic acids is 1. The predicted octanol–water partition coefficient (Wildman–Crippen LogP) is 0.994. The van der Waals surface area contributed by atoms with Crippen LogP contribution in [0.4, 0.5) is 4.79 Å². The molecule has 1 fully saturated rings. The second-order valence-corrected chi connectivity index (χ2v) is 3.46. The molecular formula is C10H18N2O2. The Morgan fingerprint density at radius 2 is 2.50 bits per heavy atom. The van der Waals surface area contributed by atoms with Gasteiger partial charge in [0.25, 0.3) is 0 Å². The number of amides is 1. The SMILES string of the molecule is C=C(CNCCC)CN1CCOC1=O. The van der Waals surface area contributed by atoms with Crippen LogP contribution in [0.1, 0.15) is 13.3 Å². The Kier molecular flexibility index (Phi) is 4.46. The van der Waals surface area contributed by atoms with E-state index in [4.69, 9.17) is 4.74 Å². The molecular weight excluding hydrogens is 180 g/mol. The molecule has 0 spiro atoms. The maximum absolute atomic E-state index is 11.1. The number of nitrogens with one attached hydrogen (secondary N) is 1. The third-order valence-corrected chi connectivity index (χ3v) is 2.06. The van der Waals surface area contributed by atoms with Crippen molar-refractivity contribution in [2.45, 2.75) is 13.3 Å². The largest absolute Gasteiger partial charge is 0.448 e. The van der Waals surface area contributed by atoms with Crippen molar-refractivity contribution in [3.05, 3.63) is 12.2 Å². The average molecular weight is 198 g/mol. The maximum Gasteiger partial charge on any atom is 0.410 e. The molecule has 14 heavy (non-hydrogen) atoms. The van der Waals surface area contributed by atoms with Gasteiger partial charge in [0.15, 0.2) is 0 Å². The summed E-state index contributed by atoms with van der Waals surface area (Å²) in [6.07, 6.45) is 0.889. The van der Waals surface area contributed by atoms with Crippen LogP contribution in [0.2, 0.25) is 0 Å². The van der Waals surface area contributed by atoms with Crippen molar-refractivity contribution in [3.8, 4) is 0 Å². The highest BCUT2D eigenvalue weighted by Crippen LogP contribution is 2.05. The topological polar surface area (TPSA) is 41.6 Å². The van der Waals surface area contributed by atoms with Crippen LogP contribution in [-0.4, -0.2) is 43.8 Å². The van der Waals surface area contributed by atoms with Gasteiger partial charge in [-0.1, -0.05) is 13.5 Å². The van der Waals surface area contributed by atoms with Crippen LogP contribution in [0.15, 0.2) is 12.2 Å². The molecule has 0 aromatic carbocycles. The number of carbonyl (C=O) groups is 1. The molecule has 1 heterocycles. The summed E-state index contributed by atoms with van der Waals surface area (Å²) in [6.45, 7) is 9.60. The molecule has 0 saturated carbocycles. The molecule has 0 bridgehead atoms. The lowest BCUT2D eigenvalue weighted by Crippen LogP contribution is -2.30. The lowest BCUT2D eigenvalue weighted by Gasteiger charge is -2.14. The van der Waals surface area contributed by atoms with Crippen LogP contribution < -0.4 is 5.32 Å². The van der Waals surface area contributed by atoms with E-state index in [1.165, 1.54) is 0 Å². The fourth-order valence-corrected chi connectivity index (χ4v) is 1.34. The Morgan fingerprint density at radius 3 is 3.07 bits per heavy atom. The summed E-state index contributed by atoms with van der Waals surface area (Å²) in [7, 11) is 0. The average Bonchev–Trinajstić information content (AvgIpc) is 2.52. The van der Waals surface area contributed by atoms with Gasteiger partial charge in [-0.05, 0) is 18.5 Å². The molecule has 0 radical (unpaired) electrons. The van der Waals surface area contributed by atoms with Gasteiger partial charge in [0, 0.05) is 13.1 Å². The Bertz CT molecular complexity index is 216. The van der Waals surface area contributed by atoms with Gasteiger partial charge in [0.1, 0.15) is 6.61 Å². The molecule has 80 valence electrons. The van der Waals surface area contributed by atoms with Gasteiger partial charge in [-0.2, -0.15) is 0 Å². The fraction of sp³-hybridized carbons (Fsp3) is 0.700. The molecule has 1 aliphatic heterocycles. The van der Waals surface area contributed by atoms with Gasteiger partial charge in [-0.25, -0.2) is 4.79 Å². The normalized spacial score (nSPS) is 15.8. The number of nitrogens with zero attached hydrogens (tertiary/aromatic N) is 1. The van der Waals surface area contributed by atoms with Gasteiger partial charge in [-0.15, -0.1) is 0 Å². The van der Waals surface area contributed by atoms with E-state index in [0.717, 1.165) is 25.1 Å². The first-order chi connectivity index (χ1) is 6.74. The number of hydrogen-bond acceptors (Lipinski definition) is 3. The molecule has 0 atom stereocenters. The summed E-state index contributed by atoms with van der Waals surface area (Å²) in [5.74, 6) is 0. The number of hydrogen-bond donors (Lipinski definition) is 1. The second kappa shape index (κ2) is 5.65. The molecule has 1 N–H and O–H groups in total. The van der Waals surface area contributed by atoms with Gasteiger partial charge in [-0.3, -0.25) is 0 Å². The fourth-order valence-electron chi connectivity index (χ4n) is 1.34. The monoisotopic (exact) mass is 198 g/mol. The Morgan fingerprint density at radius 1 is 1.71 bits per heavy atom. The molecule has 1 saturated heterocycles. The Balaban J connectivity index is 2.16. The minimum absolute atomic E-state index is 0.221. The van der Waals surface area contributed by atoms with Crippen molar-refractivity contribution in [2.24, 2.45) is 0 Å². The van der Waals surface area contributed by atoms with Crippen LogP contribution in [-0.2, 0) is 4.74 Å². The van der Waals surface area contributed by atoms with Crippen LogP contribution in [0.5, 0.6) is 0 Å². The summed E-state index contributed by atoms with van der Waals surface area (Å²) >= 11 is 0. The van der Waals surface area contributed by atoms with E-state index < -0.39 is 0 Å². The zero-order chi connectivity index (χ0) is 10.4. The van der Waals surface area contributed by atoms with E-state index in [1.807, 2.05) is 0 Å². The van der Waals surface area contributed by atoms with Crippen molar-refractivity contribution in [1.29, 1.82) is 0 Å². The highest BCUT2D eigenvalue weighted by molar-refractivity contribution is 5.69. The van der Waals surface area contributed by atoms with E-state index >= 15 is 0 Å². The molecule has 4 heteroatoms. The second-order valence-electron chi connectivity index (χ2n) is 3.46. The highest BCUT2D eigenvalue weighted by atomic mass is 16.6. The lowest BCUT2D eigenvalue weighted by molar-refractivity contribution is 0.160. The third-order valence-electron chi connectivity index (χ3n) is 2.06. The quantitative estimate of drug-likeness (QED) is 0.511.